The number of carbonyl (C=O) groups excluding carboxylic acids is 1. The summed E-state index contributed by atoms with van der Waals surface area (Å²) < 4.78 is 0.900. The highest BCUT2D eigenvalue weighted by molar-refractivity contribution is 9.10. The molecule has 0 saturated carbocycles. The maximum absolute atomic E-state index is 11.4. The molecule has 0 heterocycles. The van der Waals surface area contributed by atoms with Crippen LogP contribution in [0.1, 0.15) is 35.8 Å². The van der Waals surface area contributed by atoms with Gasteiger partial charge in [-0.3, -0.25) is 4.79 Å². The first-order valence-electron chi connectivity index (χ1n) is 6.69. The van der Waals surface area contributed by atoms with Crippen LogP contribution in [-0.4, -0.2) is 12.8 Å². The summed E-state index contributed by atoms with van der Waals surface area (Å²) in [7, 11) is 2.02. The Morgan fingerprint density at radius 2 is 1.90 bits per heavy atom. The smallest absolute Gasteiger partial charge is 0.159 e. The zero-order valence-electron chi connectivity index (χ0n) is 12.2. The highest BCUT2D eigenvalue weighted by atomic mass is 79.9. The number of halogens is 2. The molecule has 0 bridgehead atoms. The number of hydrogen-bond donors (Lipinski definition) is 0. The van der Waals surface area contributed by atoms with Gasteiger partial charge in [-0.15, -0.1) is 0 Å². The molecular weight excluding hydrogens is 350 g/mol. The Bertz CT molecular complexity index is 672. The van der Waals surface area contributed by atoms with Crippen LogP contribution >= 0.6 is 27.5 Å². The van der Waals surface area contributed by atoms with Crippen molar-refractivity contribution in [3.05, 3.63) is 63.1 Å². The number of benzene rings is 2. The first-order valence-corrected chi connectivity index (χ1v) is 7.86. The van der Waals surface area contributed by atoms with Crippen molar-refractivity contribution in [3.63, 3.8) is 0 Å². The molecule has 0 aliphatic heterocycles. The maximum atomic E-state index is 11.4. The van der Waals surface area contributed by atoms with E-state index in [2.05, 4.69) is 27.8 Å². The molecule has 0 spiro atoms. The van der Waals surface area contributed by atoms with Crippen molar-refractivity contribution in [2.75, 3.05) is 11.9 Å². The normalized spacial score (nSPS) is 12.0. The van der Waals surface area contributed by atoms with E-state index in [9.17, 15) is 4.79 Å². The van der Waals surface area contributed by atoms with E-state index in [1.165, 1.54) is 0 Å². The molecule has 0 amide bonds. The molecular formula is C17H17BrClNO. The summed E-state index contributed by atoms with van der Waals surface area (Å²) in [6.07, 6.45) is 0. The monoisotopic (exact) mass is 365 g/mol. The number of anilines is 1. The van der Waals surface area contributed by atoms with Gasteiger partial charge in [-0.2, -0.15) is 0 Å². The summed E-state index contributed by atoms with van der Waals surface area (Å²) in [5.41, 5.74) is 2.79. The number of hydrogen-bond acceptors (Lipinski definition) is 2. The maximum Gasteiger partial charge on any atom is 0.159 e. The molecule has 0 radical (unpaired) electrons. The zero-order valence-corrected chi connectivity index (χ0v) is 14.6. The molecule has 4 heteroatoms. The number of Topliss-reactive ketones (excluding diaryl/α,β-unsaturated/α-hetero) is 1. The molecule has 2 aromatic carbocycles. The Morgan fingerprint density at radius 3 is 2.48 bits per heavy atom. The summed E-state index contributed by atoms with van der Waals surface area (Å²) in [5, 5.41) is 0.758. The summed E-state index contributed by atoms with van der Waals surface area (Å²) in [6, 6.07) is 13.6. The third kappa shape index (κ3) is 3.47. The van der Waals surface area contributed by atoms with Crippen LogP contribution in [0.4, 0.5) is 5.69 Å². The second-order valence-corrected chi connectivity index (χ2v) is 6.29. The Kier molecular flexibility index (Phi) is 5.07. The van der Waals surface area contributed by atoms with Crippen molar-refractivity contribution in [1.82, 2.24) is 0 Å². The second kappa shape index (κ2) is 6.63. The van der Waals surface area contributed by atoms with E-state index in [1.807, 2.05) is 49.5 Å². The first kappa shape index (κ1) is 16.1. The Hall–Kier alpha value is -1.32. The molecule has 0 aliphatic rings. The minimum atomic E-state index is 0.0593. The van der Waals surface area contributed by atoms with E-state index in [1.54, 1.807) is 6.92 Å². The molecule has 0 N–H and O–H groups in total. The Labute approximate surface area is 138 Å². The lowest BCUT2D eigenvalue weighted by Crippen LogP contribution is -2.22. The fourth-order valence-corrected chi connectivity index (χ4v) is 3.20. The SMILES string of the molecule is CC(=O)c1ccc(N(C)C(C)c2ccccc2Cl)c(Br)c1. The summed E-state index contributed by atoms with van der Waals surface area (Å²) in [6.45, 7) is 3.67. The van der Waals surface area contributed by atoms with Crippen molar-refractivity contribution in [2.45, 2.75) is 19.9 Å². The van der Waals surface area contributed by atoms with E-state index in [4.69, 9.17) is 11.6 Å². The van der Waals surface area contributed by atoms with E-state index < -0.39 is 0 Å². The fraction of sp³-hybridized carbons (Fsp3) is 0.235. The molecule has 2 nitrogen and oxygen atoms in total. The van der Waals surface area contributed by atoms with Crippen molar-refractivity contribution in [3.8, 4) is 0 Å². The predicted octanol–water partition coefficient (Wildman–Crippen LogP) is 5.50. The van der Waals surface area contributed by atoms with E-state index in [-0.39, 0.29) is 11.8 Å². The number of rotatable bonds is 4. The molecule has 1 atom stereocenters. The second-order valence-electron chi connectivity index (χ2n) is 5.03. The number of nitrogens with zero attached hydrogens (tertiary/aromatic N) is 1. The van der Waals surface area contributed by atoms with Crippen LogP contribution in [-0.2, 0) is 0 Å². The first-order chi connectivity index (χ1) is 9.91. The topological polar surface area (TPSA) is 20.3 Å². The standard InChI is InChI=1S/C17H17BrClNO/c1-11(14-6-4-5-7-16(14)19)20(3)17-9-8-13(12(2)21)10-15(17)18/h4-11H,1-3H3. The van der Waals surface area contributed by atoms with Gasteiger partial charge in [0, 0.05) is 22.1 Å². The van der Waals surface area contributed by atoms with Crippen LogP contribution < -0.4 is 4.90 Å². The molecule has 0 aromatic heterocycles. The highest BCUT2D eigenvalue weighted by Gasteiger charge is 2.17. The van der Waals surface area contributed by atoms with Gasteiger partial charge in [-0.1, -0.05) is 29.8 Å². The molecule has 0 aliphatic carbocycles. The lowest BCUT2D eigenvalue weighted by molar-refractivity contribution is 0.101. The molecule has 0 saturated heterocycles. The third-order valence-electron chi connectivity index (χ3n) is 3.67. The van der Waals surface area contributed by atoms with Gasteiger partial charge in [0.25, 0.3) is 0 Å². The van der Waals surface area contributed by atoms with E-state index >= 15 is 0 Å². The predicted molar refractivity (Wildman–Crippen MR) is 92.4 cm³/mol. The van der Waals surface area contributed by atoms with Gasteiger partial charge < -0.3 is 4.90 Å². The van der Waals surface area contributed by atoms with Gasteiger partial charge >= 0.3 is 0 Å². The largest absolute Gasteiger partial charge is 0.367 e. The van der Waals surface area contributed by atoms with Crippen LogP contribution in [0.3, 0.4) is 0 Å². The fourth-order valence-electron chi connectivity index (χ4n) is 2.24. The van der Waals surface area contributed by atoms with Gasteiger partial charge in [0.2, 0.25) is 0 Å². The summed E-state index contributed by atoms with van der Waals surface area (Å²) in [4.78, 5) is 13.6. The van der Waals surface area contributed by atoms with E-state index in [0.717, 1.165) is 20.7 Å². The van der Waals surface area contributed by atoms with Crippen LogP contribution in [0.15, 0.2) is 46.9 Å². The van der Waals surface area contributed by atoms with Crippen LogP contribution in [0.25, 0.3) is 0 Å². The summed E-state index contributed by atoms with van der Waals surface area (Å²) >= 11 is 9.82. The molecule has 110 valence electrons. The molecule has 21 heavy (non-hydrogen) atoms. The minimum Gasteiger partial charge on any atom is -0.367 e. The van der Waals surface area contributed by atoms with Gasteiger partial charge in [0.1, 0.15) is 0 Å². The van der Waals surface area contributed by atoms with Crippen LogP contribution in [0, 0.1) is 0 Å². The average molecular weight is 367 g/mol. The van der Waals surface area contributed by atoms with Crippen LogP contribution in [0.5, 0.6) is 0 Å². The summed E-state index contributed by atoms with van der Waals surface area (Å²) in [5.74, 6) is 0.0593. The van der Waals surface area contributed by atoms with E-state index in [0.29, 0.717) is 5.56 Å². The lowest BCUT2D eigenvalue weighted by atomic mass is 10.1. The van der Waals surface area contributed by atoms with Crippen molar-refractivity contribution >= 4 is 39.0 Å². The van der Waals surface area contributed by atoms with Crippen LogP contribution in [0.2, 0.25) is 5.02 Å². The zero-order chi connectivity index (χ0) is 15.6. The molecule has 1 unspecified atom stereocenters. The lowest BCUT2D eigenvalue weighted by Gasteiger charge is -2.29. The Morgan fingerprint density at radius 1 is 1.24 bits per heavy atom. The molecule has 2 rings (SSSR count). The minimum absolute atomic E-state index is 0.0593. The highest BCUT2D eigenvalue weighted by Crippen LogP contribution is 2.34. The molecule has 0 fully saturated rings. The van der Waals surface area contributed by atoms with Crippen molar-refractivity contribution in [1.29, 1.82) is 0 Å². The van der Waals surface area contributed by atoms with Gasteiger partial charge in [-0.25, -0.2) is 0 Å². The van der Waals surface area contributed by atoms with Gasteiger partial charge in [0.05, 0.1) is 11.7 Å². The van der Waals surface area contributed by atoms with Crippen molar-refractivity contribution < 1.29 is 4.79 Å². The van der Waals surface area contributed by atoms with Crippen molar-refractivity contribution in [2.24, 2.45) is 0 Å². The average Bonchev–Trinajstić information content (AvgIpc) is 2.46. The molecule has 2 aromatic rings. The van der Waals surface area contributed by atoms with Gasteiger partial charge in [-0.05, 0) is 59.6 Å². The number of ketones is 1. The quantitative estimate of drug-likeness (QED) is 0.666. The van der Waals surface area contributed by atoms with Gasteiger partial charge in [0.15, 0.2) is 5.78 Å². The Balaban J connectivity index is 2.34. The third-order valence-corrected chi connectivity index (χ3v) is 4.65. The number of carbonyl (C=O) groups is 1.